The van der Waals surface area contributed by atoms with Gasteiger partial charge in [-0.2, -0.15) is 0 Å². The number of methoxy groups -OCH3 is 1. The largest absolute Gasteiger partial charge is 0.374 e. The number of ether oxygens (including phenoxy) is 1. The predicted octanol–water partition coefficient (Wildman–Crippen LogP) is 1.61. The Hall–Kier alpha value is -1.20. The minimum absolute atomic E-state index is 0.128. The van der Waals surface area contributed by atoms with E-state index >= 15 is 0 Å². The number of nitrogens with zero attached hydrogens (tertiary/aromatic N) is 1. The summed E-state index contributed by atoms with van der Waals surface area (Å²) in [6, 6.07) is 1.53. The zero-order valence-corrected chi connectivity index (χ0v) is 11.6. The third-order valence-electron chi connectivity index (χ3n) is 2.63. The van der Waals surface area contributed by atoms with Crippen LogP contribution >= 0.6 is 0 Å². The first-order chi connectivity index (χ1) is 8.56. The van der Waals surface area contributed by atoms with E-state index in [1.165, 1.54) is 6.07 Å². The number of nitrogens with one attached hydrogen (secondary N) is 2. The standard InChI is InChI=1S/C13H23N3O2/c1-5-11(18-4)13-15-10(6-12(17)16-13)8-14-7-9(2)3/h6,9,11,14H,5,7-8H2,1-4H3,(H,15,16,17). The summed E-state index contributed by atoms with van der Waals surface area (Å²) in [4.78, 5) is 18.7. The van der Waals surface area contributed by atoms with Crippen LogP contribution < -0.4 is 10.9 Å². The summed E-state index contributed by atoms with van der Waals surface area (Å²) >= 11 is 0. The molecule has 1 atom stereocenters. The van der Waals surface area contributed by atoms with Crippen LogP contribution in [-0.4, -0.2) is 23.6 Å². The molecular formula is C13H23N3O2. The Kier molecular flexibility index (Phi) is 6.01. The molecule has 0 bridgehead atoms. The summed E-state index contributed by atoms with van der Waals surface area (Å²) in [7, 11) is 1.62. The molecule has 0 aliphatic carbocycles. The van der Waals surface area contributed by atoms with Gasteiger partial charge in [-0.15, -0.1) is 0 Å². The van der Waals surface area contributed by atoms with Gasteiger partial charge in [0.25, 0.3) is 5.56 Å². The number of H-pyrrole nitrogens is 1. The van der Waals surface area contributed by atoms with Crippen LogP contribution in [0, 0.1) is 5.92 Å². The lowest BCUT2D eigenvalue weighted by molar-refractivity contribution is 0.0921. The van der Waals surface area contributed by atoms with Crippen molar-refractivity contribution >= 4 is 0 Å². The number of aromatic nitrogens is 2. The molecule has 0 radical (unpaired) electrons. The van der Waals surface area contributed by atoms with Gasteiger partial charge in [0.2, 0.25) is 0 Å². The second kappa shape index (κ2) is 7.28. The molecule has 5 heteroatoms. The molecule has 1 aromatic rings. The molecular weight excluding hydrogens is 230 g/mol. The van der Waals surface area contributed by atoms with Crippen LogP contribution in [0.4, 0.5) is 0 Å². The van der Waals surface area contributed by atoms with Crippen molar-refractivity contribution < 1.29 is 4.74 Å². The van der Waals surface area contributed by atoms with E-state index in [0.717, 1.165) is 18.7 Å². The predicted molar refractivity (Wildman–Crippen MR) is 71.4 cm³/mol. The Balaban J connectivity index is 2.77. The lowest BCUT2D eigenvalue weighted by Crippen LogP contribution is -2.23. The highest BCUT2D eigenvalue weighted by atomic mass is 16.5. The number of hydrogen-bond donors (Lipinski definition) is 2. The van der Waals surface area contributed by atoms with Crippen molar-refractivity contribution in [3.63, 3.8) is 0 Å². The number of rotatable bonds is 7. The van der Waals surface area contributed by atoms with Gasteiger partial charge in [-0.3, -0.25) is 4.79 Å². The van der Waals surface area contributed by atoms with Gasteiger partial charge in [-0.05, 0) is 18.9 Å². The van der Waals surface area contributed by atoms with Crippen LogP contribution in [0.3, 0.4) is 0 Å². The van der Waals surface area contributed by atoms with Gasteiger partial charge in [-0.1, -0.05) is 20.8 Å². The molecule has 102 valence electrons. The summed E-state index contributed by atoms with van der Waals surface area (Å²) in [5.74, 6) is 1.18. The summed E-state index contributed by atoms with van der Waals surface area (Å²) in [5.41, 5.74) is 0.627. The molecule has 0 spiro atoms. The lowest BCUT2D eigenvalue weighted by atomic mass is 10.2. The van der Waals surface area contributed by atoms with E-state index in [1.807, 2.05) is 6.92 Å². The fourth-order valence-electron chi connectivity index (χ4n) is 1.73. The highest BCUT2D eigenvalue weighted by Gasteiger charge is 2.11. The summed E-state index contributed by atoms with van der Waals surface area (Å²) in [5, 5.41) is 3.27. The van der Waals surface area contributed by atoms with Gasteiger partial charge in [0.1, 0.15) is 11.9 Å². The molecule has 1 aromatic heterocycles. The highest BCUT2D eigenvalue weighted by Crippen LogP contribution is 2.14. The number of hydrogen-bond acceptors (Lipinski definition) is 4. The van der Waals surface area contributed by atoms with Crippen LogP contribution in [0.1, 0.15) is 44.8 Å². The van der Waals surface area contributed by atoms with Crippen molar-refractivity contribution in [3.8, 4) is 0 Å². The first-order valence-corrected chi connectivity index (χ1v) is 6.40. The van der Waals surface area contributed by atoms with Crippen molar-refractivity contribution in [1.29, 1.82) is 0 Å². The Morgan fingerprint density at radius 1 is 1.50 bits per heavy atom. The fraction of sp³-hybridized carbons (Fsp3) is 0.692. The van der Waals surface area contributed by atoms with Crippen LogP contribution in [0.5, 0.6) is 0 Å². The van der Waals surface area contributed by atoms with Gasteiger partial charge in [0.15, 0.2) is 0 Å². The quantitative estimate of drug-likeness (QED) is 0.775. The third kappa shape index (κ3) is 4.58. The van der Waals surface area contributed by atoms with Gasteiger partial charge in [-0.25, -0.2) is 4.98 Å². The van der Waals surface area contributed by atoms with E-state index in [0.29, 0.717) is 18.3 Å². The SMILES string of the molecule is CCC(OC)c1nc(CNCC(C)C)cc(=O)[nH]1. The van der Waals surface area contributed by atoms with Crippen LogP contribution in [0.25, 0.3) is 0 Å². The first kappa shape index (κ1) is 14.9. The average molecular weight is 253 g/mol. The molecule has 0 aliphatic heterocycles. The Morgan fingerprint density at radius 2 is 2.22 bits per heavy atom. The minimum Gasteiger partial charge on any atom is -0.374 e. The maximum absolute atomic E-state index is 11.6. The van der Waals surface area contributed by atoms with E-state index in [-0.39, 0.29) is 11.7 Å². The summed E-state index contributed by atoms with van der Waals surface area (Å²) in [6.45, 7) is 7.79. The maximum Gasteiger partial charge on any atom is 0.251 e. The van der Waals surface area contributed by atoms with Crippen LogP contribution in [0.2, 0.25) is 0 Å². The topological polar surface area (TPSA) is 67.0 Å². The molecule has 0 fully saturated rings. The molecule has 18 heavy (non-hydrogen) atoms. The molecule has 0 aromatic carbocycles. The Morgan fingerprint density at radius 3 is 2.78 bits per heavy atom. The van der Waals surface area contributed by atoms with E-state index in [1.54, 1.807) is 7.11 Å². The van der Waals surface area contributed by atoms with Crippen molar-refractivity contribution in [3.05, 3.63) is 27.9 Å². The third-order valence-corrected chi connectivity index (χ3v) is 2.63. The molecule has 0 saturated carbocycles. The molecule has 0 saturated heterocycles. The van der Waals surface area contributed by atoms with Crippen molar-refractivity contribution in [1.82, 2.24) is 15.3 Å². The van der Waals surface area contributed by atoms with E-state index in [4.69, 9.17) is 4.74 Å². The van der Waals surface area contributed by atoms with Gasteiger partial charge in [0.05, 0.1) is 5.69 Å². The van der Waals surface area contributed by atoms with Crippen molar-refractivity contribution in [2.75, 3.05) is 13.7 Å². The maximum atomic E-state index is 11.6. The zero-order chi connectivity index (χ0) is 13.5. The molecule has 5 nitrogen and oxygen atoms in total. The smallest absolute Gasteiger partial charge is 0.251 e. The molecule has 2 N–H and O–H groups in total. The van der Waals surface area contributed by atoms with E-state index in [9.17, 15) is 4.79 Å². The highest BCUT2D eigenvalue weighted by molar-refractivity contribution is 5.04. The van der Waals surface area contributed by atoms with Crippen molar-refractivity contribution in [2.24, 2.45) is 5.92 Å². The van der Waals surface area contributed by atoms with E-state index in [2.05, 4.69) is 29.1 Å². The van der Waals surface area contributed by atoms with Gasteiger partial charge in [0, 0.05) is 19.7 Å². The Bertz CT molecular complexity index is 411. The average Bonchev–Trinajstić information content (AvgIpc) is 2.29. The minimum atomic E-state index is -0.150. The Labute approximate surface area is 108 Å². The molecule has 1 heterocycles. The molecule has 1 unspecified atom stereocenters. The first-order valence-electron chi connectivity index (χ1n) is 6.40. The number of aromatic amines is 1. The van der Waals surface area contributed by atoms with Gasteiger partial charge >= 0.3 is 0 Å². The lowest BCUT2D eigenvalue weighted by Gasteiger charge is -2.13. The molecule has 1 rings (SSSR count). The summed E-state index contributed by atoms with van der Waals surface area (Å²) < 4.78 is 5.29. The van der Waals surface area contributed by atoms with Crippen LogP contribution in [-0.2, 0) is 11.3 Å². The van der Waals surface area contributed by atoms with Crippen molar-refractivity contribution in [2.45, 2.75) is 39.8 Å². The normalized spacial score (nSPS) is 12.9. The summed E-state index contributed by atoms with van der Waals surface area (Å²) in [6.07, 6.45) is 0.630. The molecule has 0 aliphatic rings. The van der Waals surface area contributed by atoms with Crippen LogP contribution in [0.15, 0.2) is 10.9 Å². The second-order valence-corrected chi connectivity index (χ2v) is 4.78. The van der Waals surface area contributed by atoms with E-state index < -0.39 is 0 Å². The monoisotopic (exact) mass is 253 g/mol. The van der Waals surface area contributed by atoms with Gasteiger partial charge < -0.3 is 15.0 Å². The zero-order valence-electron chi connectivity index (χ0n) is 11.6. The second-order valence-electron chi connectivity index (χ2n) is 4.78. The molecule has 0 amide bonds. The fourth-order valence-corrected chi connectivity index (χ4v) is 1.73.